The van der Waals surface area contributed by atoms with Crippen LogP contribution < -0.4 is 10.6 Å². The van der Waals surface area contributed by atoms with E-state index in [2.05, 4.69) is 10.6 Å². The smallest absolute Gasteiger partial charge is 0.265 e. The van der Waals surface area contributed by atoms with Crippen molar-refractivity contribution in [2.45, 2.75) is 18.9 Å². The lowest BCUT2D eigenvalue weighted by Gasteiger charge is -2.32. The van der Waals surface area contributed by atoms with Crippen LogP contribution in [0.4, 0.5) is 5.69 Å². The van der Waals surface area contributed by atoms with Gasteiger partial charge in [-0.2, -0.15) is 0 Å². The maximum Gasteiger partial charge on any atom is 0.265 e. The molecule has 6 nitrogen and oxygen atoms in total. The van der Waals surface area contributed by atoms with E-state index in [0.29, 0.717) is 52.6 Å². The van der Waals surface area contributed by atoms with E-state index in [1.54, 1.807) is 47.4 Å². The molecule has 4 rings (SSSR count). The lowest BCUT2D eigenvalue weighted by Crippen LogP contribution is -2.46. The molecule has 3 aromatic rings. The van der Waals surface area contributed by atoms with Gasteiger partial charge in [-0.15, -0.1) is 11.3 Å². The van der Waals surface area contributed by atoms with Gasteiger partial charge in [0.15, 0.2) is 0 Å². The first kappa shape index (κ1) is 22.0. The molecule has 0 unspecified atom stereocenters. The van der Waals surface area contributed by atoms with E-state index in [4.69, 9.17) is 11.6 Å². The minimum atomic E-state index is -0.263. The molecule has 2 aromatic carbocycles. The summed E-state index contributed by atoms with van der Waals surface area (Å²) in [5, 5.41) is 8.01. The van der Waals surface area contributed by atoms with Crippen LogP contribution in [0.3, 0.4) is 0 Å². The molecule has 1 aliphatic heterocycles. The van der Waals surface area contributed by atoms with Gasteiger partial charge in [0.2, 0.25) is 0 Å². The number of amides is 3. The summed E-state index contributed by atoms with van der Waals surface area (Å²) in [5.74, 6) is -0.484. The Balaban J connectivity index is 1.36. The summed E-state index contributed by atoms with van der Waals surface area (Å²) in [6.07, 6.45) is 1.36. The van der Waals surface area contributed by atoms with Crippen molar-refractivity contribution < 1.29 is 14.4 Å². The molecule has 0 spiro atoms. The van der Waals surface area contributed by atoms with Crippen LogP contribution in [0.2, 0.25) is 5.02 Å². The second kappa shape index (κ2) is 9.97. The standard InChI is InChI=1S/C24H22ClN3O3S/c25-19-9-8-17(15-20(19)27-23(30)21-7-4-14-32-21)24(31)28-12-10-18(11-13-28)26-22(29)16-5-2-1-3-6-16/h1-9,14-15,18H,10-13H2,(H,26,29)(H,27,30). The topological polar surface area (TPSA) is 78.5 Å². The van der Waals surface area contributed by atoms with Crippen molar-refractivity contribution in [1.29, 1.82) is 0 Å². The molecule has 2 N–H and O–H groups in total. The van der Waals surface area contributed by atoms with Gasteiger partial charge < -0.3 is 15.5 Å². The monoisotopic (exact) mass is 467 g/mol. The van der Waals surface area contributed by atoms with Crippen molar-refractivity contribution >= 4 is 46.3 Å². The average Bonchev–Trinajstić information content (AvgIpc) is 3.36. The van der Waals surface area contributed by atoms with E-state index in [0.717, 1.165) is 0 Å². The summed E-state index contributed by atoms with van der Waals surface area (Å²) in [7, 11) is 0. The normalized spacial score (nSPS) is 14.1. The maximum atomic E-state index is 13.0. The van der Waals surface area contributed by atoms with E-state index < -0.39 is 0 Å². The van der Waals surface area contributed by atoms with E-state index in [1.807, 2.05) is 23.6 Å². The molecule has 1 aromatic heterocycles. The van der Waals surface area contributed by atoms with E-state index in [9.17, 15) is 14.4 Å². The van der Waals surface area contributed by atoms with Crippen LogP contribution in [0.15, 0.2) is 66.0 Å². The van der Waals surface area contributed by atoms with Gasteiger partial charge in [-0.25, -0.2) is 0 Å². The number of likely N-dealkylation sites (tertiary alicyclic amines) is 1. The Kier molecular flexibility index (Phi) is 6.87. The number of hydrogen-bond donors (Lipinski definition) is 2. The van der Waals surface area contributed by atoms with Crippen LogP contribution in [0.5, 0.6) is 0 Å². The second-order valence-corrected chi connectivity index (χ2v) is 8.89. The van der Waals surface area contributed by atoms with E-state index in [1.165, 1.54) is 11.3 Å². The Morgan fingerprint density at radius 3 is 2.34 bits per heavy atom. The summed E-state index contributed by atoms with van der Waals surface area (Å²) in [6, 6.07) is 17.5. The summed E-state index contributed by atoms with van der Waals surface area (Å²) in [5.41, 5.74) is 1.49. The zero-order valence-electron chi connectivity index (χ0n) is 17.2. The molecule has 0 aliphatic carbocycles. The first-order valence-electron chi connectivity index (χ1n) is 10.3. The number of carbonyl (C=O) groups is 3. The highest BCUT2D eigenvalue weighted by Gasteiger charge is 2.25. The summed E-state index contributed by atoms with van der Waals surface area (Å²) < 4.78 is 0. The number of hydrogen-bond acceptors (Lipinski definition) is 4. The molecular weight excluding hydrogens is 446 g/mol. The molecule has 8 heteroatoms. The lowest BCUT2D eigenvalue weighted by molar-refractivity contribution is 0.0697. The molecule has 1 fully saturated rings. The molecule has 1 aliphatic rings. The second-order valence-electron chi connectivity index (χ2n) is 7.53. The van der Waals surface area contributed by atoms with Crippen LogP contribution in [0.25, 0.3) is 0 Å². The lowest BCUT2D eigenvalue weighted by atomic mass is 10.0. The fourth-order valence-corrected chi connectivity index (χ4v) is 4.40. The molecule has 3 amide bonds. The number of nitrogens with one attached hydrogen (secondary N) is 2. The number of nitrogens with zero attached hydrogens (tertiary/aromatic N) is 1. The maximum absolute atomic E-state index is 13.0. The first-order valence-corrected chi connectivity index (χ1v) is 11.6. The van der Waals surface area contributed by atoms with Crippen LogP contribution in [0, 0.1) is 0 Å². The van der Waals surface area contributed by atoms with Crippen LogP contribution in [-0.4, -0.2) is 41.8 Å². The van der Waals surface area contributed by atoms with Crippen molar-refractivity contribution in [3.8, 4) is 0 Å². The van der Waals surface area contributed by atoms with Crippen LogP contribution in [-0.2, 0) is 0 Å². The number of rotatable bonds is 5. The Bertz CT molecular complexity index is 1110. The Labute approximate surface area is 195 Å². The van der Waals surface area contributed by atoms with Crippen molar-refractivity contribution in [2.24, 2.45) is 0 Å². The molecule has 0 atom stereocenters. The third-order valence-electron chi connectivity index (χ3n) is 5.36. The van der Waals surface area contributed by atoms with Gasteiger partial charge in [-0.1, -0.05) is 35.9 Å². The summed E-state index contributed by atoms with van der Waals surface area (Å²) >= 11 is 7.57. The predicted octanol–water partition coefficient (Wildman–Crippen LogP) is 4.69. The van der Waals surface area contributed by atoms with Gasteiger partial charge in [-0.3, -0.25) is 14.4 Å². The summed E-state index contributed by atoms with van der Waals surface area (Å²) in [4.78, 5) is 40.0. The molecule has 1 saturated heterocycles. The van der Waals surface area contributed by atoms with Crippen molar-refractivity contribution in [3.05, 3.63) is 87.1 Å². The number of anilines is 1. The fourth-order valence-electron chi connectivity index (χ4n) is 3.61. The highest BCUT2D eigenvalue weighted by Crippen LogP contribution is 2.26. The highest BCUT2D eigenvalue weighted by atomic mass is 35.5. The molecule has 0 radical (unpaired) electrons. The van der Waals surface area contributed by atoms with Crippen LogP contribution >= 0.6 is 22.9 Å². The summed E-state index contributed by atoms with van der Waals surface area (Å²) in [6.45, 7) is 1.08. The molecule has 164 valence electrons. The van der Waals surface area contributed by atoms with E-state index in [-0.39, 0.29) is 23.8 Å². The number of benzene rings is 2. The Morgan fingerprint density at radius 2 is 1.66 bits per heavy atom. The molecule has 2 heterocycles. The number of thiophene rings is 1. The van der Waals surface area contributed by atoms with Gasteiger partial charge in [0.05, 0.1) is 15.6 Å². The Morgan fingerprint density at radius 1 is 0.906 bits per heavy atom. The third-order valence-corrected chi connectivity index (χ3v) is 6.56. The Hall–Kier alpha value is -3.16. The molecule has 0 saturated carbocycles. The van der Waals surface area contributed by atoms with Crippen molar-refractivity contribution in [2.75, 3.05) is 18.4 Å². The third kappa shape index (κ3) is 5.18. The number of piperidine rings is 1. The zero-order chi connectivity index (χ0) is 22.5. The quantitative estimate of drug-likeness (QED) is 0.571. The number of carbonyl (C=O) groups excluding carboxylic acids is 3. The van der Waals surface area contributed by atoms with Crippen LogP contribution in [0.1, 0.15) is 43.2 Å². The van der Waals surface area contributed by atoms with Gasteiger partial charge >= 0.3 is 0 Å². The molecule has 32 heavy (non-hydrogen) atoms. The molecular formula is C24H22ClN3O3S. The van der Waals surface area contributed by atoms with Gasteiger partial charge in [-0.05, 0) is 54.6 Å². The van der Waals surface area contributed by atoms with Crippen molar-refractivity contribution in [3.63, 3.8) is 0 Å². The van der Waals surface area contributed by atoms with Crippen molar-refractivity contribution in [1.82, 2.24) is 10.2 Å². The zero-order valence-corrected chi connectivity index (χ0v) is 18.8. The minimum absolute atomic E-state index is 0.0256. The largest absolute Gasteiger partial charge is 0.349 e. The predicted molar refractivity (Wildman–Crippen MR) is 127 cm³/mol. The average molecular weight is 468 g/mol. The highest BCUT2D eigenvalue weighted by molar-refractivity contribution is 7.12. The van der Waals surface area contributed by atoms with Gasteiger partial charge in [0.25, 0.3) is 17.7 Å². The number of halogens is 1. The molecule has 0 bridgehead atoms. The van der Waals surface area contributed by atoms with E-state index >= 15 is 0 Å². The SMILES string of the molecule is O=C(NC1CCN(C(=O)c2ccc(Cl)c(NC(=O)c3cccs3)c2)CC1)c1ccccc1. The van der Waals surface area contributed by atoms with Gasteiger partial charge in [0, 0.05) is 30.3 Å². The first-order chi connectivity index (χ1) is 15.5. The van der Waals surface area contributed by atoms with Gasteiger partial charge in [0.1, 0.15) is 0 Å². The minimum Gasteiger partial charge on any atom is -0.349 e. The fraction of sp³-hybridized carbons (Fsp3) is 0.208.